The molecule has 1 N–H and O–H groups in total. The third kappa shape index (κ3) is 2.65. The molecule has 0 fully saturated rings. The number of carbonyl (C=O) groups is 1. The Labute approximate surface area is 127 Å². The third-order valence-corrected chi connectivity index (χ3v) is 3.77. The average molecular weight is 300 g/mol. The number of halogens is 1. The van der Waals surface area contributed by atoms with E-state index in [0.717, 1.165) is 22.2 Å². The van der Waals surface area contributed by atoms with Crippen molar-refractivity contribution >= 4 is 28.3 Å². The molecule has 0 saturated heterocycles. The van der Waals surface area contributed by atoms with Crippen LogP contribution in [-0.2, 0) is 6.42 Å². The van der Waals surface area contributed by atoms with E-state index >= 15 is 0 Å². The number of hydrogen-bond acceptors (Lipinski definition) is 2. The number of aromatic amines is 1. The average Bonchev–Trinajstić information content (AvgIpc) is 2.93. The van der Waals surface area contributed by atoms with Gasteiger partial charge in [0.05, 0.1) is 12.1 Å². The van der Waals surface area contributed by atoms with E-state index in [0.29, 0.717) is 17.0 Å². The second kappa shape index (κ2) is 5.62. The molecular weight excluding hydrogens is 286 g/mol. The highest BCUT2D eigenvalue weighted by molar-refractivity contribution is 6.36. The molecule has 1 aromatic heterocycles. The first-order valence-electron chi connectivity index (χ1n) is 6.61. The highest BCUT2D eigenvalue weighted by Gasteiger charge is 2.15. The number of ketones is 1. The van der Waals surface area contributed by atoms with Crippen molar-refractivity contribution < 1.29 is 9.53 Å². The zero-order chi connectivity index (χ0) is 14.8. The number of ether oxygens (including phenoxy) is 1. The largest absolute Gasteiger partial charge is 0.497 e. The van der Waals surface area contributed by atoms with E-state index in [4.69, 9.17) is 16.3 Å². The van der Waals surface area contributed by atoms with Gasteiger partial charge in [-0.25, -0.2) is 0 Å². The molecule has 0 unspecified atom stereocenters. The van der Waals surface area contributed by atoms with Crippen molar-refractivity contribution in [3.63, 3.8) is 0 Å². The van der Waals surface area contributed by atoms with Crippen LogP contribution < -0.4 is 4.74 Å². The van der Waals surface area contributed by atoms with Gasteiger partial charge >= 0.3 is 0 Å². The molecule has 3 nitrogen and oxygen atoms in total. The minimum atomic E-state index is 0.0302. The third-order valence-electron chi connectivity index (χ3n) is 3.45. The van der Waals surface area contributed by atoms with Gasteiger partial charge < -0.3 is 9.72 Å². The van der Waals surface area contributed by atoms with E-state index in [1.165, 1.54) is 0 Å². The second-order valence-corrected chi connectivity index (χ2v) is 5.22. The van der Waals surface area contributed by atoms with Crippen molar-refractivity contribution in [1.29, 1.82) is 0 Å². The van der Waals surface area contributed by atoms with Crippen LogP contribution in [0.15, 0.2) is 48.7 Å². The van der Waals surface area contributed by atoms with Gasteiger partial charge in [-0.05, 0) is 29.8 Å². The number of fused-ring (bicyclic) bond motifs is 1. The Morgan fingerprint density at radius 2 is 2.05 bits per heavy atom. The summed E-state index contributed by atoms with van der Waals surface area (Å²) in [4.78, 5) is 15.6. The van der Waals surface area contributed by atoms with E-state index < -0.39 is 0 Å². The number of benzene rings is 2. The zero-order valence-corrected chi connectivity index (χ0v) is 12.3. The van der Waals surface area contributed by atoms with Crippen LogP contribution in [0.2, 0.25) is 5.02 Å². The molecule has 0 atom stereocenters. The smallest absolute Gasteiger partial charge is 0.169 e. The Morgan fingerprint density at radius 1 is 1.24 bits per heavy atom. The SMILES string of the molecule is COc1cccc(CC(=O)c2c[nH]c3cccc(Cl)c23)c1. The molecule has 0 spiro atoms. The molecule has 21 heavy (non-hydrogen) atoms. The molecule has 0 saturated carbocycles. The number of carbonyl (C=O) groups excluding carboxylic acids is 1. The first-order valence-corrected chi connectivity index (χ1v) is 6.98. The standard InChI is InChI=1S/C17H14ClNO2/c1-21-12-5-2-4-11(8-12)9-16(20)13-10-19-15-7-3-6-14(18)17(13)15/h2-8,10,19H,9H2,1H3. The Bertz CT molecular complexity index is 807. The minimum absolute atomic E-state index is 0.0302. The van der Waals surface area contributed by atoms with Crippen molar-refractivity contribution in [3.8, 4) is 5.75 Å². The van der Waals surface area contributed by atoms with E-state index in [1.807, 2.05) is 36.4 Å². The number of rotatable bonds is 4. The number of nitrogens with one attached hydrogen (secondary N) is 1. The summed E-state index contributed by atoms with van der Waals surface area (Å²) >= 11 is 6.21. The molecule has 0 amide bonds. The van der Waals surface area contributed by atoms with Crippen LogP contribution in [0.5, 0.6) is 5.75 Å². The quantitative estimate of drug-likeness (QED) is 0.732. The summed E-state index contributed by atoms with van der Waals surface area (Å²) < 4.78 is 5.18. The maximum absolute atomic E-state index is 12.5. The van der Waals surface area contributed by atoms with Crippen LogP contribution in [0.1, 0.15) is 15.9 Å². The molecule has 0 aliphatic carbocycles. The summed E-state index contributed by atoms with van der Waals surface area (Å²) in [5, 5.41) is 1.37. The number of methoxy groups -OCH3 is 1. The van der Waals surface area contributed by atoms with Crippen LogP contribution in [0.25, 0.3) is 10.9 Å². The van der Waals surface area contributed by atoms with Crippen LogP contribution in [0, 0.1) is 0 Å². The lowest BCUT2D eigenvalue weighted by atomic mass is 10.0. The van der Waals surface area contributed by atoms with Crippen molar-refractivity contribution in [2.75, 3.05) is 7.11 Å². The first-order chi connectivity index (χ1) is 10.2. The lowest BCUT2D eigenvalue weighted by Gasteiger charge is -2.04. The first kappa shape index (κ1) is 13.7. The molecule has 106 valence electrons. The van der Waals surface area contributed by atoms with Gasteiger partial charge in [-0.1, -0.05) is 29.8 Å². The monoisotopic (exact) mass is 299 g/mol. The summed E-state index contributed by atoms with van der Waals surface area (Å²) in [6.45, 7) is 0. The maximum Gasteiger partial charge on any atom is 0.169 e. The predicted octanol–water partition coefficient (Wildman–Crippen LogP) is 4.26. The fourth-order valence-electron chi connectivity index (χ4n) is 2.42. The number of Topliss-reactive ketones (excluding diaryl/α,β-unsaturated/α-hetero) is 1. The highest BCUT2D eigenvalue weighted by Crippen LogP contribution is 2.27. The summed E-state index contributed by atoms with van der Waals surface area (Å²) in [6.07, 6.45) is 2.04. The molecule has 1 heterocycles. The molecular formula is C17H14ClNO2. The summed E-state index contributed by atoms with van der Waals surface area (Å²) in [5.41, 5.74) is 2.41. The van der Waals surface area contributed by atoms with Crippen molar-refractivity contribution in [2.45, 2.75) is 6.42 Å². The summed E-state index contributed by atoms with van der Waals surface area (Å²) in [5.74, 6) is 0.778. The normalized spacial score (nSPS) is 10.8. The van der Waals surface area contributed by atoms with Crippen molar-refractivity contribution in [1.82, 2.24) is 4.98 Å². The molecule has 0 radical (unpaired) electrons. The van der Waals surface area contributed by atoms with E-state index in [1.54, 1.807) is 19.4 Å². The van der Waals surface area contributed by atoms with Crippen LogP contribution >= 0.6 is 11.6 Å². The Hall–Kier alpha value is -2.26. The number of aromatic nitrogens is 1. The van der Waals surface area contributed by atoms with Gasteiger partial charge in [0.15, 0.2) is 5.78 Å². The lowest BCUT2D eigenvalue weighted by molar-refractivity contribution is 0.0994. The van der Waals surface area contributed by atoms with Gasteiger partial charge in [0, 0.05) is 29.1 Å². The van der Waals surface area contributed by atoms with Crippen LogP contribution in [0.4, 0.5) is 0 Å². The summed E-state index contributed by atoms with van der Waals surface area (Å²) in [6, 6.07) is 13.1. The van der Waals surface area contributed by atoms with Crippen LogP contribution in [0.3, 0.4) is 0 Å². The molecule has 3 rings (SSSR count). The maximum atomic E-state index is 12.5. The topological polar surface area (TPSA) is 42.1 Å². The van der Waals surface area contributed by atoms with Gasteiger partial charge in [-0.2, -0.15) is 0 Å². The Balaban J connectivity index is 1.94. The summed E-state index contributed by atoms with van der Waals surface area (Å²) in [7, 11) is 1.61. The predicted molar refractivity (Wildman–Crippen MR) is 84.3 cm³/mol. The zero-order valence-electron chi connectivity index (χ0n) is 11.5. The molecule has 0 aliphatic rings. The van der Waals surface area contributed by atoms with Gasteiger partial charge in [-0.3, -0.25) is 4.79 Å². The van der Waals surface area contributed by atoms with Crippen molar-refractivity contribution in [3.05, 3.63) is 64.8 Å². The molecule has 3 aromatic rings. The molecule has 4 heteroatoms. The minimum Gasteiger partial charge on any atom is -0.497 e. The van der Waals surface area contributed by atoms with Gasteiger partial charge in [-0.15, -0.1) is 0 Å². The molecule has 2 aromatic carbocycles. The van der Waals surface area contributed by atoms with E-state index in [9.17, 15) is 4.79 Å². The van der Waals surface area contributed by atoms with E-state index in [2.05, 4.69) is 4.98 Å². The number of H-pyrrole nitrogens is 1. The van der Waals surface area contributed by atoms with Gasteiger partial charge in [0.2, 0.25) is 0 Å². The molecule has 0 aliphatic heterocycles. The second-order valence-electron chi connectivity index (χ2n) is 4.82. The van der Waals surface area contributed by atoms with E-state index in [-0.39, 0.29) is 5.78 Å². The van der Waals surface area contributed by atoms with Gasteiger partial charge in [0.1, 0.15) is 5.75 Å². The number of hydrogen-bond donors (Lipinski definition) is 1. The molecule has 0 bridgehead atoms. The lowest BCUT2D eigenvalue weighted by Crippen LogP contribution is -2.03. The van der Waals surface area contributed by atoms with Crippen LogP contribution in [-0.4, -0.2) is 17.9 Å². The fraction of sp³-hybridized carbons (Fsp3) is 0.118. The van der Waals surface area contributed by atoms with Crippen molar-refractivity contribution in [2.24, 2.45) is 0 Å². The highest BCUT2D eigenvalue weighted by atomic mass is 35.5. The fourth-order valence-corrected chi connectivity index (χ4v) is 2.70. The van der Waals surface area contributed by atoms with Gasteiger partial charge in [0.25, 0.3) is 0 Å². The Morgan fingerprint density at radius 3 is 2.86 bits per heavy atom. The Kier molecular flexibility index (Phi) is 3.67.